The van der Waals surface area contributed by atoms with Crippen LogP contribution in [0.25, 0.3) is 0 Å². The fourth-order valence-corrected chi connectivity index (χ4v) is 1.65. The SMILES string of the molecule is O=CC(Cc1ccccc1)NC(=O)C1CC1. The number of aldehydes is 1. The molecule has 0 saturated heterocycles. The van der Waals surface area contributed by atoms with Crippen LogP contribution in [0.5, 0.6) is 0 Å². The van der Waals surface area contributed by atoms with Crippen LogP contribution >= 0.6 is 0 Å². The minimum absolute atomic E-state index is 0.0213. The summed E-state index contributed by atoms with van der Waals surface area (Å²) in [6, 6.07) is 9.32. The van der Waals surface area contributed by atoms with E-state index < -0.39 is 6.04 Å². The number of carbonyl (C=O) groups is 2. The van der Waals surface area contributed by atoms with Crippen LogP contribution in [0.1, 0.15) is 18.4 Å². The highest BCUT2D eigenvalue weighted by molar-refractivity contribution is 5.83. The lowest BCUT2D eigenvalue weighted by atomic mass is 10.1. The lowest BCUT2D eigenvalue weighted by molar-refractivity contribution is -0.125. The van der Waals surface area contributed by atoms with Gasteiger partial charge >= 0.3 is 0 Å². The van der Waals surface area contributed by atoms with Crippen molar-refractivity contribution in [2.24, 2.45) is 5.92 Å². The minimum atomic E-state index is -0.393. The number of rotatable bonds is 5. The molecule has 1 aliphatic rings. The monoisotopic (exact) mass is 217 g/mol. The molecule has 1 N–H and O–H groups in total. The predicted octanol–water partition coefficient (Wildman–Crippen LogP) is 1.32. The zero-order chi connectivity index (χ0) is 11.4. The first-order valence-corrected chi connectivity index (χ1v) is 5.59. The predicted molar refractivity (Wildman–Crippen MR) is 60.9 cm³/mol. The first kappa shape index (κ1) is 10.9. The molecule has 84 valence electrons. The molecule has 0 radical (unpaired) electrons. The number of carbonyl (C=O) groups excluding carboxylic acids is 2. The van der Waals surface area contributed by atoms with Crippen LogP contribution in [0.2, 0.25) is 0 Å². The van der Waals surface area contributed by atoms with Gasteiger partial charge in [0.05, 0.1) is 6.04 Å². The summed E-state index contributed by atoms with van der Waals surface area (Å²) in [5.74, 6) is 0.172. The fraction of sp³-hybridized carbons (Fsp3) is 0.385. The second-order valence-electron chi connectivity index (χ2n) is 4.22. The van der Waals surface area contributed by atoms with Crippen LogP contribution in [0.3, 0.4) is 0 Å². The number of amides is 1. The smallest absolute Gasteiger partial charge is 0.223 e. The van der Waals surface area contributed by atoms with Gasteiger partial charge in [0, 0.05) is 5.92 Å². The maximum Gasteiger partial charge on any atom is 0.223 e. The van der Waals surface area contributed by atoms with Crippen molar-refractivity contribution in [3.63, 3.8) is 0 Å². The molecule has 0 heterocycles. The van der Waals surface area contributed by atoms with E-state index in [-0.39, 0.29) is 11.8 Å². The third-order valence-corrected chi connectivity index (χ3v) is 2.74. The number of benzene rings is 1. The van der Waals surface area contributed by atoms with Gasteiger partial charge in [0.2, 0.25) is 5.91 Å². The van der Waals surface area contributed by atoms with Crippen LogP contribution in [-0.4, -0.2) is 18.2 Å². The van der Waals surface area contributed by atoms with Crippen molar-refractivity contribution in [2.45, 2.75) is 25.3 Å². The largest absolute Gasteiger partial charge is 0.346 e. The molecule has 0 spiro atoms. The molecule has 3 heteroatoms. The van der Waals surface area contributed by atoms with Gasteiger partial charge in [-0.3, -0.25) is 4.79 Å². The van der Waals surface area contributed by atoms with Crippen molar-refractivity contribution in [2.75, 3.05) is 0 Å². The molecule has 1 aromatic carbocycles. The van der Waals surface area contributed by atoms with Crippen molar-refractivity contribution >= 4 is 12.2 Å². The zero-order valence-electron chi connectivity index (χ0n) is 9.06. The molecule has 1 aliphatic carbocycles. The van der Waals surface area contributed by atoms with E-state index >= 15 is 0 Å². The average Bonchev–Trinajstić information content (AvgIpc) is 3.13. The van der Waals surface area contributed by atoms with Crippen molar-refractivity contribution < 1.29 is 9.59 Å². The van der Waals surface area contributed by atoms with Gasteiger partial charge in [0.15, 0.2) is 0 Å². The molecule has 0 bridgehead atoms. The summed E-state index contributed by atoms with van der Waals surface area (Å²) in [5, 5.41) is 2.77. The summed E-state index contributed by atoms with van der Waals surface area (Å²) in [6.07, 6.45) is 3.31. The van der Waals surface area contributed by atoms with E-state index in [1.807, 2.05) is 30.3 Å². The molecule has 0 aliphatic heterocycles. The molecule has 16 heavy (non-hydrogen) atoms. The van der Waals surface area contributed by atoms with E-state index in [2.05, 4.69) is 5.32 Å². The first-order valence-electron chi connectivity index (χ1n) is 5.59. The Morgan fingerprint density at radius 3 is 2.62 bits per heavy atom. The van der Waals surface area contributed by atoms with Gasteiger partial charge in [-0.25, -0.2) is 0 Å². The zero-order valence-corrected chi connectivity index (χ0v) is 9.06. The second kappa shape index (κ2) is 4.92. The summed E-state index contributed by atoms with van der Waals surface area (Å²) in [7, 11) is 0. The number of hydrogen-bond acceptors (Lipinski definition) is 2. The van der Waals surface area contributed by atoms with Crippen molar-refractivity contribution in [1.82, 2.24) is 5.32 Å². The van der Waals surface area contributed by atoms with E-state index in [4.69, 9.17) is 0 Å². The van der Waals surface area contributed by atoms with E-state index in [0.717, 1.165) is 24.7 Å². The molecule has 1 aromatic rings. The second-order valence-corrected chi connectivity index (χ2v) is 4.22. The normalized spacial score (nSPS) is 16.5. The van der Waals surface area contributed by atoms with Crippen LogP contribution in [0.15, 0.2) is 30.3 Å². The molecule has 1 saturated carbocycles. The summed E-state index contributed by atoms with van der Waals surface area (Å²) >= 11 is 0. The molecular weight excluding hydrogens is 202 g/mol. The van der Waals surface area contributed by atoms with Gasteiger partial charge in [-0.15, -0.1) is 0 Å². The molecule has 1 atom stereocenters. The fourth-order valence-electron chi connectivity index (χ4n) is 1.65. The van der Waals surface area contributed by atoms with Crippen LogP contribution in [-0.2, 0) is 16.0 Å². The Morgan fingerprint density at radius 2 is 2.06 bits per heavy atom. The highest BCUT2D eigenvalue weighted by Crippen LogP contribution is 2.28. The van der Waals surface area contributed by atoms with Crippen LogP contribution < -0.4 is 5.32 Å². The van der Waals surface area contributed by atoms with Crippen molar-refractivity contribution in [1.29, 1.82) is 0 Å². The topological polar surface area (TPSA) is 46.2 Å². The van der Waals surface area contributed by atoms with Gasteiger partial charge in [0.25, 0.3) is 0 Å². The number of nitrogens with one attached hydrogen (secondary N) is 1. The van der Waals surface area contributed by atoms with Gasteiger partial charge in [-0.05, 0) is 24.8 Å². The molecular formula is C13H15NO2. The van der Waals surface area contributed by atoms with E-state index in [1.54, 1.807) is 0 Å². The van der Waals surface area contributed by atoms with E-state index in [1.165, 1.54) is 0 Å². The first-order chi connectivity index (χ1) is 7.79. The van der Waals surface area contributed by atoms with Crippen molar-refractivity contribution in [3.8, 4) is 0 Å². The summed E-state index contributed by atoms with van der Waals surface area (Å²) in [4.78, 5) is 22.4. The minimum Gasteiger partial charge on any atom is -0.346 e. The van der Waals surface area contributed by atoms with Crippen LogP contribution in [0, 0.1) is 5.92 Å². The lowest BCUT2D eigenvalue weighted by Crippen LogP contribution is -2.38. The van der Waals surface area contributed by atoms with Gasteiger partial charge in [-0.2, -0.15) is 0 Å². The average molecular weight is 217 g/mol. The Bertz CT molecular complexity index is 371. The van der Waals surface area contributed by atoms with Crippen LogP contribution in [0.4, 0.5) is 0 Å². The molecule has 3 nitrogen and oxygen atoms in total. The van der Waals surface area contributed by atoms with Crippen molar-refractivity contribution in [3.05, 3.63) is 35.9 Å². The summed E-state index contributed by atoms with van der Waals surface area (Å²) in [6.45, 7) is 0. The number of hydrogen-bond donors (Lipinski definition) is 1. The Balaban J connectivity index is 1.90. The third kappa shape index (κ3) is 2.92. The van der Waals surface area contributed by atoms with Gasteiger partial charge in [0.1, 0.15) is 6.29 Å². The van der Waals surface area contributed by atoms with Gasteiger partial charge in [-0.1, -0.05) is 30.3 Å². The lowest BCUT2D eigenvalue weighted by Gasteiger charge is -2.12. The molecule has 2 rings (SSSR count). The summed E-state index contributed by atoms with van der Waals surface area (Å²) in [5.41, 5.74) is 1.07. The Hall–Kier alpha value is -1.64. The molecule has 1 unspecified atom stereocenters. The van der Waals surface area contributed by atoms with E-state index in [0.29, 0.717) is 6.42 Å². The van der Waals surface area contributed by atoms with E-state index in [9.17, 15) is 9.59 Å². The molecule has 1 amide bonds. The Kier molecular flexibility index (Phi) is 3.34. The third-order valence-electron chi connectivity index (χ3n) is 2.74. The maximum absolute atomic E-state index is 11.5. The maximum atomic E-state index is 11.5. The quantitative estimate of drug-likeness (QED) is 0.756. The highest BCUT2D eigenvalue weighted by Gasteiger charge is 2.30. The van der Waals surface area contributed by atoms with Gasteiger partial charge < -0.3 is 10.1 Å². The Labute approximate surface area is 94.9 Å². The Morgan fingerprint density at radius 1 is 1.38 bits per heavy atom. The standard InChI is InChI=1S/C13H15NO2/c15-9-12(14-13(16)11-6-7-11)8-10-4-2-1-3-5-10/h1-5,9,11-12H,6-8H2,(H,14,16). The molecule has 0 aromatic heterocycles. The molecule has 1 fully saturated rings. The summed E-state index contributed by atoms with van der Waals surface area (Å²) < 4.78 is 0. The highest BCUT2D eigenvalue weighted by atomic mass is 16.2.